The van der Waals surface area contributed by atoms with Gasteiger partial charge in [-0.05, 0) is 36.6 Å². The van der Waals surface area contributed by atoms with Crippen molar-refractivity contribution in [2.45, 2.75) is 37.7 Å². The van der Waals surface area contributed by atoms with E-state index in [9.17, 15) is 4.79 Å². The minimum Gasteiger partial charge on any atom is -0.392 e. The van der Waals surface area contributed by atoms with Gasteiger partial charge in [0.15, 0.2) is 0 Å². The molecular formula is C14H19NO2S. The summed E-state index contributed by atoms with van der Waals surface area (Å²) in [6.45, 7) is 2.64. The maximum Gasteiger partial charge on any atom is 0.236 e. The third kappa shape index (κ3) is 3.06. The molecule has 2 N–H and O–H groups in total. The van der Waals surface area contributed by atoms with Crippen LogP contribution in [-0.4, -0.2) is 21.5 Å². The van der Waals surface area contributed by atoms with Gasteiger partial charge in [-0.25, -0.2) is 0 Å². The van der Waals surface area contributed by atoms with E-state index in [-0.39, 0.29) is 17.3 Å². The Hall–Kier alpha value is -1.00. The van der Waals surface area contributed by atoms with Crippen molar-refractivity contribution in [3.63, 3.8) is 0 Å². The van der Waals surface area contributed by atoms with E-state index in [2.05, 4.69) is 5.32 Å². The first-order valence-corrected chi connectivity index (χ1v) is 7.23. The Kier molecular flexibility index (Phi) is 4.30. The zero-order valence-electron chi connectivity index (χ0n) is 10.6. The van der Waals surface area contributed by atoms with E-state index in [4.69, 9.17) is 5.11 Å². The van der Waals surface area contributed by atoms with Crippen LogP contribution < -0.4 is 5.32 Å². The van der Waals surface area contributed by atoms with Crippen LogP contribution in [0.5, 0.6) is 0 Å². The third-order valence-electron chi connectivity index (χ3n) is 3.36. The third-order valence-corrected chi connectivity index (χ3v) is 4.88. The summed E-state index contributed by atoms with van der Waals surface area (Å²) < 4.78 is -0.245. The molecule has 2 rings (SSSR count). The van der Waals surface area contributed by atoms with Gasteiger partial charge in [0.25, 0.3) is 0 Å². The van der Waals surface area contributed by atoms with Crippen molar-refractivity contribution < 1.29 is 9.90 Å². The Morgan fingerprint density at radius 3 is 2.61 bits per heavy atom. The molecule has 1 aromatic rings. The highest BCUT2D eigenvalue weighted by Crippen LogP contribution is 2.37. The smallest absolute Gasteiger partial charge is 0.236 e. The first kappa shape index (κ1) is 13.4. The van der Waals surface area contributed by atoms with Gasteiger partial charge in [0.2, 0.25) is 5.91 Å². The van der Waals surface area contributed by atoms with E-state index in [0.29, 0.717) is 6.54 Å². The Balaban J connectivity index is 1.88. The van der Waals surface area contributed by atoms with E-state index >= 15 is 0 Å². The largest absolute Gasteiger partial charge is 0.392 e. The van der Waals surface area contributed by atoms with Crippen molar-refractivity contribution in [3.05, 3.63) is 35.4 Å². The molecule has 0 saturated carbocycles. The summed E-state index contributed by atoms with van der Waals surface area (Å²) in [7, 11) is 0. The SMILES string of the molecule is CC1(C(=O)NCc2ccc(CO)cc2)CCCS1. The molecule has 1 aliphatic heterocycles. The van der Waals surface area contributed by atoms with Crippen LogP contribution in [0.2, 0.25) is 0 Å². The lowest BCUT2D eigenvalue weighted by molar-refractivity contribution is -0.123. The lowest BCUT2D eigenvalue weighted by Gasteiger charge is -2.21. The summed E-state index contributed by atoms with van der Waals surface area (Å²) in [5.74, 6) is 1.21. The predicted molar refractivity (Wildman–Crippen MR) is 74.3 cm³/mol. The van der Waals surface area contributed by atoms with Gasteiger partial charge in [-0.2, -0.15) is 0 Å². The molecule has 3 nitrogen and oxygen atoms in total. The van der Waals surface area contributed by atoms with E-state index in [1.807, 2.05) is 31.2 Å². The molecule has 1 saturated heterocycles. The van der Waals surface area contributed by atoms with Crippen molar-refractivity contribution in [2.24, 2.45) is 0 Å². The van der Waals surface area contributed by atoms with Gasteiger partial charge >= 0.3 is 0 Å². The summed E-state index contributed by atoms with van der Waals surface area (Å²) in [6.07, 6.45) is 2.09. The molecule has 1 aliphatic rings. The Labute approximate surface area is 112 Å². The molecule has 0 aliphatic carbocycles. The molecule has 0 spiro atoms. The highest BCUT2D eigenvalue weighted by Gasteiger charge is 2.36. The molecule has 4 heteroatoms. The Bertz CT molecular complexity index is 410. The minimum absolute atomic E-state index is 0.0569. The number of aliphatic hydroxyl groups is 1. The fourth-order valence-corrected chi connectivity index (χ4v) is 3.32. The van der Waals surface area contributed by atoms with Crippen molar-refractivity contribution in [2.75, 3.05) is 5.75 Å². The molecule has 0 bridgehead atoms. The van der Waals surface area contributed by atoms with Crippen LogP contribution in [0, 0.1) is 0 Å². The second-order valence-electron chi connectivity index (χ2n) is 4.84. The van der Waals surface area contributed by atoms with Gasteiger partial charge in [-0.1, -0.05) is 24.3 Å². The maximum absolute atomic E-state index is 12.1. The highest BCUT2D eigenvalue weighted by atomic mass is 32.2. The first-order chi connectivity index (χ1) is 8.64. The molecule has 0 aromatic heterocycles. The zero-order valence-corrected chi connectivity index (χ0v) is 11.4. The number of hydrogen-bond acceptors (Lipinski definition) is 3. The Morgan fingerprint density at radius 1 is 1.39 bits per heavy atom. The van der Waals surface area contributed by atoms with E-state index in [1.165, 1.54) is 0 Å². The second kappa shape index (κ2) is 5.76. The van der Waals surface area contributed by atoms with Crippen molar-refractivity contribution >= 4 is 17.7 Å². The number of carbonyl (C=O) groups is 1. The summed E-state index contributed by atoms with van der Waals surface area (Å²) in [4.78, 5) is 12.1. The molecule has 1 unspecified atom stereocenters. The van der Waals surface area contributed by atoms with Crippen molar-refractivity contribution in [3.8, 4) is 0 Å². The van der Waals surface area contributed by atoms with E-state index in [1.54, 1.807) is 11.8 Å². The number of rotatable bonds is 4. The minimum atomic E-state index is -0.245. The lowest BCUT2D eigenvalue weighted by Crippen LogP contribution is -2.39. The fraction of sp³-hybridized carbons (Fsp3) is 0.500. The number of nitrogens with one attached hydrogen (secondary N) is 1. The zero-order chi connectivity index (χ0) is 13.0. The van der Waals surface area contributed by atoms with Crippen molar-refractivity contribution in [1.82, 2.24) is 5.32 Å². The topological polar surface area (TPSA) is 49.3 Å². The lowest BCUT2D eigenvalue weighted by atomic mass is 10.0. The van der Waals surface area contributed by atoms with Gasteiger partial charge < -0.3 is 10.4 Å². The number of aliphatic hydroxyl groups excluding tert-OH is 1. The van der Waals surface area contributed by atoms with Gasteiger partial charge in [0, 0.05) is 6.54 Å². The average Bonchev–Trinajstić information content (AvgIpc) is 2.85. The molecule has 18 heavy (non-hydrogen) atoms. The first-order valence-electron chi connectivity index (χ1n) is 6.25. The molecule has 1 atom stereocenters. The van der Waals surface area contributed by atoms with Crippen molar-refractivity contribution in [1.29, 1.82) is 0 Å². The normalized spacial score (nSPS) is 23.0. The number of thioether (sulfide) groups is 1. The van der Waals surface area contributed by atoms with Gasteiger partial charge in [0.05, 0.1) is 11.4 Å². The van der Waals surface area contributed by atoms with Crippen LogP contribution in [0.25, 0.3) is 0 Å². The van der Waals surface area contributed by atoms with Crippen LogP contribution in [0.4, 0.5) is 0 Å². The van der Waals surface area contributed by atoms with Crippen LogP contribution in [0.1, 0.15) is 30.9 Å². The quantitative estimate of drug-likeness (QED) is 0.876. The summed E-state index contributed by atoms with van der Waals surface area (Å²) >= 11 is 1.75. The second-order valence-corrected chi connectivity index (χ2v) is 6.44. The van der Waals surface area contributed by atoms with Crippen LogP contribution in [0.15, 0.2) is 24.3 Å². The summed E-state index contributed by atoms with van der Waals surface area (Å²) in [6, 6.07) is 7.65. The Morgan fingerprint density at radius 2 is 2.06 bits per heavy atom. The standard InChI is InChI=1S/C14H19NO2S/c1-14(7-2-8-18-14)13(17)15-9-11-3-5-12(10-16)6-4-11/h3-6,16H,2,7-10H2,1H3,(H,15,17). The fourth-order valence-electron chi connectivity index (χ4n) is 2.09. The average molecular weight is 265 g/mol. The molecule has 98 valence electrons. The van der Waals surface area contributed by atoms with E-state index < -0.39 is 0 Å². The number of hydrogen-bond donors (Lipinski definition) is 2. The number of amides is 1. The van der Waals surface area contributed by atoms with Gasteiger partial charge in [-0.3, -0.25) is 4.79 Å². The highest BCUT2D eigenvalue weighted by molar-refractivity contribution is 8.01. The maximum atomic E-state index is 12.1. The van der Waals surface area contributed by atoms with Crippen LogP contribution >= 0.6 is 11.8 Å². The monoisotopic (exact) mass is 265 g/mol. The van der Waals surface area contributed by atoms with Crippen LogP contribution in [-0.2, 0) is 17.9 Å². The molecule has 1 aromatic carbocycles. The summed E-state index contributed by atoms with van der Waals surface area (Å²) in [5.41, 5.74) is 1.95. The molecular weight excluding hydrogens is 246 g/mol. The molecule has 1 heterocycles. The molecule has 1 fully saturated rings. The van der Waals surface area contributed by atoms with E-state index in [0.717, 1.165) is 29.7 Å². The molecule has 0 radical (unpaired) electrons. The number of benzene rings is 1. The van der Waals surface area contributed by atoms with Gasteiger partial charge in [0.1, 0.15) is 0 Å². The predicted octanol–water partition coefficient (Wildman–Crippen LogP) is 2.08. The number of carbonyl (C=O) groups excluding carboxylic acids is 1. The molecule has 1 amide bonds. The van der Waals surface area contributed by atoms with Gasteiger partial charge in [-0.15, -0.1) is 11.8 Å². The summed E-state index contributed by atoms with van der Waals surface area (Å²) in [5, 5.41) is 11.9. The van der Waals surface area contributed by atoms with Crippen LogP contribution in [0.3, 0.4) is 0 Å².